The lowest BCUT2D eigenvalue weighted by molar-refractivity contribution is 0.417. The Morgan fingerprint density at radius 3 is 2.55 bits per heavy atom. The van der Waals surface area contributed by atoms with E-state index in [9.17, 15) is 0 Å². The number of aliphatic imine (C=N–C) groups is 2. The molecule has 0 spiro atoms. The van der Waals surface area contributed by atoms with Gasteiger partial charge >= 0.3 is 0 Å². The monoisotopic (exact) mass is 392 g/mol. The summed E-state index contributed by atoms with van der Waals surface area (Å²) in [4.78, 5) is 9.11. The van der Waals surface area contributed by atoms with Gasteiger partial charge in [0, 0.05) is 12.6 Å². The van der Waals surface area contributed by atoms with Crippen molar-refractivity contribution < 1.29 is 4.74 Å². The maximum atomic E-state index is 5.96. The number of unbranched alkanes of at least 4 members (excludes halogenated alkanes) is 1. The zero-order valence-corrected chi connectivity index (χ0v) is 17.9. The Hall–Kier alpha value is -3.08. The van der Waals surface area contributed by atoms with E-state index in [0.29, 0.717) is 17.3 Å². The number of nitrogens with zero attached hydrogens (tertiary/aromatic N) is 2. The molecular weight excluding hydrogens is 360 g/mol. The molecule has 0 aromatic heterocycles. The second kappa shape index (κ2) is 11.1. The third kappa shape index (κ3) is 6.21. The van der Waals surface area contributed by atoms with Crippen LogP contribution >= 0.6 is 0 Å². The Balaban J connectivity index is 2.33. The van der Waals surface area contributed by atoms with Gasteiger partial charge in [0.25, 0.3) is 0 Å². The third-order valence-electron chi connectivity index (χ3n) is 4.82. The first-order chi connectivity index (χ1) is 14.0. The van der Waals surface area contributed by atoms with Crippen LogP contribution in [0, 0.1) is 0 Å². The first-order valence-electron chi connectivity index (χ1n) is 9.96. The first-order valence-corrected chi connectivity index (χ1v) is 9.96. The molecule has 2 aromatic rings. The van der Waals surface area contributed by atoms with Crippen molar-refractivity contribution in [3.63, 3.8) is 0 Å². The number of rotatable bonds is 10. The average molecular weight is 393 g/mol. The van der Waals surface area contributed by atoms with Crippen molar-refractivity contribution in [1.29, 1.82) is 0 Å². The standard InChI is InChI=1S/C24H32N4O/c1-6-7-13-22(19-11-9-8-10-12-19)27-18(3)28-24(17(2)26-4)20-14-15-21(25)23(16-20)29-5/h8-12,14-16,22,27H,3,6-7,13,25H2,1-2,4-5H3/b26-17?,28-24+. The molecule has 0 saturated heterocycles. The van der Waals surface area contributed by atoms with Gasteiger partial charge in [-0.1, -0.05) is 62.7 Å². The molecule has 0 heterocycles. The molecule has 0 aliphatic carbocycles. The lowest BCUT2D eigenvalue weighted by Crippen LogP contribution is -2.22. The van der Waals surface area contributed by atoms with Crippen LogP contribution in [-0.2, 0) is 0 Å². The molecule has 3 N–H and O–H groups in total. The molecule has 0 saturated carbocycles. The SMILES string of the molecule is C=C(/N=C(\C(C)=NC)c1ccc(N)c(OC)c1)NC(CCCC)c1ccccc1. The van der Waals surface area contributed by atoms with Crippen LogP contribution in [-0.4, -0.2) is 25.6 Å². The summed E-state index contributed by atoms with van der Waals surface area (Å²) in [5, 5.41) is 3.49. The zero-order chi connectivity index (χ0) is 21.2. The Morgan fingerprint density at radius 1 is 1.21 bits per heavy atom. The number of anilines is 1. The summed E-state index contributed by atoms with van der Waals surface area (Å²) in [5.74, 6) is 1.21. The highest BCUT2D eigenvalue weighted by Gasteiger charge is 2.14. The van der Waals surface area contributed by atoms with E-state index >= 15 is 0 Å². The van der Waals surface area contributed by atoms with Crippen LogP contribution in [0.2, 0.25) is 0 Å². The van der Waals surface area contributed by atoms with Crippen LogP contribution in [0.3, 0.4) is 0 Å². The summed E-state index contributed by atoms with van der Waals surface area (Å²) in [6, 6.07) is 16.2. The minimum Gasteiger partial charge on any atom is -0.495 e. The maximum Gasteiger partial charge on any atom is 0.142 e. The van der Waals surface area contributed by atoms with Gasteiger partial charge in [-0.3, -0.25) is 4.99 Å². The predicted molar refractivity (Wildman–Crippen MR) is 124 cm³/mol. The third-order valence-corrected chi connectivity index (χ3v) is 4.82. The van der Waals surface area contributed by atoms with Gasteiger partial charge < -0.3 is 15.8 Å². The van der Waals surface area contributed by atoms with E-state index in [2.05, 4.69) is 48.1 Å². The second-order valence-electron chi connectivity index (χ2n) is 6.92. The van der Waals surface area contributed by atoms with E-state index in [1.165, 1.54) is 5.56 Å². The van der Waals surface area contributed by atoms with Gasteiger partial charge in [-0.25, -0.2) is 4.99 Å². The molecule has 154 valence electrons. The van der Waals surface area contributed by atoms with Crippen molar-refractivity contribution in [2.45, 2.75) is 39.2 Å². The summed E-state index contributed by atoms with van der Waals surface area (Å²) >= 11 is 0. The fourth-order valence-electron chi connectivity index (χ4n) is 3.10. The van der Waals surface area contributed by atoms with Crippen LogP contribution in [0.4, 0.5) is 5.69 Å². The smallest absolute Gasteiger partial charge is 0.142 e. The molecule has 0 amide bonds. The highest BCUT2D eigenvalue weighted by Crippen LogP contribution is 2.24. The minimum absolute atomic E-state index is 0.161. The highest BCUT2D eigenvalue weighted by atomic mass is 16.5. The predicted octanol–water partition coefficient (Wildman–Crippen LogP) is 5.15. The minimum atomic E-state index is 0.161. The van der Waals surface area contributed by atoms with Crippen LogP contribution in [0.15, 0.2) is 70.9 Å². The maximum absolute atomic E-state index is 5.96. The van der Waals surface area contributed by atoms with Crippen molar-refractivity contribution in [1.82, 2.24) is 5.32 Å². The number of methoxy groups -OCH3 is 1. The topological polar surface area (TPSA) is 72.0 Å². The van der Waals surface area contributed by atoms with Crippen LogP contribution in [0.25, 0.3) is 0 Å². The quantitative estimate of drug-likeness (QED) is 0.434. The average Bonchev–Trinajstić information content (AvgIpc) is 2.75. The molecule has 1 atom stereocenters. The number of hydrogen-bond acceptors (Lipinski definition) is 5. The fourth-order valence-corrected chi connectivity index (χ4v) is 3.10. The summed E-state index contributed by atoms with van der Waals surface area (Å²) in [6.07, 6.45) is 3.28. The highest BCUT2D eigenvalue weighted by molar-refractivity contribution is 6.47. The normalized spacial score (nSPS) is 13.1. The Kier molecular flexibility index (Phi) is 8.46. The van der Waals surface area contributed by atoms with Crippen LogP contribution in [0.1, 0.15) is 50.3 Å². The first kappa shape index (κ1) is 22.2. The largest absolute Gasteiger partial charge is 0.495 e. The van der Waals surface area contributed by atoms with Crippen LogP contribution in [0.5, 0.6) is 5.75 Å². The lowest BCUT2D eigenvalue weighted by Gasteiger charge is -2.20. The van der Waals surface area contributed by atoms with Gasteiger partial charge in [0.05, 0.1) is 30.3 Å². The van der Waals surface area contributed by atoms with Crippen molar-refractivity contribution in [3.8, 4) is 5.75 Å². The van der Waals surface area contributed by atoms with Gasteiger partial charge in [-0.2, -0.15) is 0 Å². The summed E-state index contributed by atoms with van der Waals surface area (Å²) in [5.41, 5.74) is 10.2. The summed E-state index contributed by atoms with van der Waals surface area (Å²) < 4.78 is 5.36. The lowest BCUT2D eigenvalue weighted by atomic mass is 10.0. The number of nitrogens with two attached hydrogens (primary N) is 1. The van der Waals surface area contributed by atoms with Gasteiger partial charge in [0.2, 0.25) is 0 Å². The molecule has 0 radical (unpaired) electrons. The molecule has 2 rings (SSSR count). The van der Waals surface area contributed by atoms with Crippen molar-refractivity contribution >= 4 is 17.1 Å². The van der Waals surface area contributed by atoms with Gasteiger partial charge in [-0.05, 0) is 31.0 Å². The van der Waals surface area contributed by atoms with Crippen molar-refractivity contribution in [2.24, 2.45) is 9.98 Å². The molecule has 2 aromatic carbocycles. The molecule has 0 aliphatic heterocycles. The molecular formula is C24H32N4O. The number of hydrogen-bond donors (Lipinski definition) is 2. The van der Waals surface area contributed by atoms with Crippen molar-refractivity contribution in [3.05, 3.63) is 72.1 Å². The Bertz CT molecular complexity index is 872. The van der Waals surface area contributed by atoms with Crippen molar-refractivity contribution in [2.75, 3.05) is 19.9 Å². The Labute approximate surface area is 174 Å². The zero-order valence-electron chi connectivity index (χ0n) is 17.9. The van der Waals surface area contributed by atoms with E-state index in [1.54, 1.807) is 14.2 Å². The number of ether oxygens (including phenoxy) is 1. The Morgan fingerprint density at radius 2 is 1.93 bits per heavy atom. The van der Waals surface area contributed by atoms with E-state index in [-0.39, 0.29) is 6.04 Å². The van der Waals surface area contributed by atoms with E-state index < -0.39 is 0 Å². The van der Waals surface area contributed by atoms with E-state index in [0.717, 1.165) is 36.2 Å². The van der Waals surface area contributed by atoms with Gasteiger partial charge in [-0.15, -0.1) is 0 Å². The number of nitrogen functional groups attached to an aromatic ring is 1. The molecule has 0 fully saturated rings. The van der Waals surface area contributed by atoms with Gasteiger partial charge in [0.1, 0.15) is 11.6 Å². The van der Waals surface area contributed by atoms with E-state index in [4.69, 9.17) is 15.5 Å². The summed E-state index contributed by atoms with van der Waals surface area (Å²) in [7, 11) is 3.36. The van der Waals surface area contributed by atoms with Gasteiger partial charge in [0.15, 0.2) is 0 Å². The molecule has 5 nitrogen and oxygen atoms in total. The molecule has 29 heavy (non-hydrogen) atoms. The van der Waals surface area contributed by atoms with Crippen LogP contribution < -0.4 is 15.8 Å². The fraction of sp³-hybridized carbons (Fsp3) is 0.333. The molecule has 5 heteroatoms. The van der Waals surface area contributed by atoms with E-state index in [1.807, 2.05) is 31.2 Å². The summed E-state index contributed by atoms with van der Waals surface area (Å²) in [6.45, 7) is 8.29. The molecule has 0 bridgehead atoms. The number of benzene rings is 2. The molecule has 1 unspecified atom stereocenters. The number of nitrogens with one attached hydrogen (secondary N) is 1. The molecule has 0 aliphatic rings. The second-order valence-corrected chi connectivity index (χ2v) is 6.92.